The van der Waals surface area contributed by atoms with Crippen molar-refractivity contribution in [3.8, 4) is 11.1 Å². The minimum Gasteiger partial charge on any atom is -0.354 e. The van der Waals surface area contributed by atoms with E-state index in [0.717, 1.165) is 86.3 Å². The second kappa shape index (κ2) is 9.82. The van der Waals surface area contributed by atoms with Crippen LogP contribution in [0.15, 0.2) is 30.5 Å². The van der Waals surface area contributed by atoms with Crippen molar-refractivity contribution in [2.24, 2.45) is 5.92 Å². The molecule has 2 aromatic rings. The van der Waals surface area contributed by atoms with Crippen LogP contribution in [0.2, 0.25) is 0 Å². The monoisotopic (exact) mass is 434 g/mol. The number of anilines is 2. The average Bonchev–Trinajstić information content (AvgIpc) is 3.36. The van der Waals surface area contributed by atoms with Gasteiger partial charge >= 0.3 is 0 Å². The topological polar surface area (TPSA) is 56.8 Å². The zero-order chi connectivity index (χ0) is 22.7. The van der Waals surface area contributed by atoms with Crippen LogP contribution in [0.4, 0.5) is 11.5 Å². The summed E-state index contributed by atoms with van der Waals surface area (Å²) >= 11 is 0. The Bertz CT molecular complexity index is 976. The van der Waals surface area contributed by atoms with Crippen molar-refractivity contribution in [1.82, 2.24) is 9.88 Å². The third-order valence-corrected chi connectivity index (χ3v) is 7.03. The lowest BCUT2D eigenvalue weighted by Gasteiger charge is -2.33. The molecule has 1 saturated heterocycles. The Morgan fingerprint density at radius 3 is 2.50 bits per heavy atom. The molecule has 1 aromatic heterocycles. The minimum absolute atomic E-state index is 0.0995. The number of nitrogens with zero attached hydrogens (tertiary/aromatic N) is 4. The molecule has 4 rings (SSSR count). The van der Waals surface area contributed by atoms with Crippen molar-refractivity contribution in [3.05, 3.63) is 41.6 Å². The molecule has 0 radical (unpaired) electrons. The van der Waals surface area contributed by atoms with Crippen LogP contribution in [-0.4, -0.2) is 61.8 Å². The Kier molecular flexibility index (Phi) is 6.89. The lowest BCUT2D eigenvalue weighted by Crippen LogP contribution is -2.44. The third kappa shape index (κ3) is 4.56. The summed E-state index contributed by atoms with van der Waals surface area (Å²) in [5.74, 6) is 1.25. The van der Waals surface area contributed by atoms with E-state index in [1.165, 1.54) is 0 Å². The van der Waals surface area contributed by atoms with Crippen molar-refractivity contribution in [3.63, 3.8) is 0 Å². The normalized spacial score (nSPS) is 17.5. The highest BCUT2D eigenvalue weighted by Crippen LogP contribution is 2.34. The molecule has 2 aliphatic rings. The number of aldehydes is 1. The summed E-state index contributed by atoms with van der Waals surface area (Å²) in [7, 11) is 2.14. The first-order chi connectivity index (χ1) is 15.5. The number of carbonyl (C=O) groups is 2. The molecule has 32 heavy (non-hydrogen) atoms. The van der Waals surface area contributed by atoms with E-state index in [9.17, 15) is 9.59 Å². The van der Waals surface area contributed by atoms with Gasteiger partial charge in [0, 0.05) is 56.1 Å². The molecule has 0 unspecified atom stereocenters. The Hall–Kier alpha value is -2.73. The van der Waals surface area contributed by atoms with Gasteiger partial charge in [-0.25, -0.2) is 4.98 Å². The third-order valence-electron chi connectivity index (χ3n) is 7.03. The van der Waals surface area contributed by atoms with E-state index in [2.05, 4.69) is 34.0 Å². The molecule has 0 spiro atoms. The maximum atomic E-state index is 13.3. The maximum absolute atomic E-state index is 13.3. The number of benzene rings is 1. The first kappa shape index (κ1) is 22.5. The highest BCUT2D eigenvalue weighted by atomic mass is 16.2. The molecule has 0 bridgehead atoms. The van der Waals surface area contributed by atoms with Gasteiger partial charge in [0.15, 0.2) is 0 Å². The Balaban J connectivity index is 1.70. The van der Waals surface area contributed by atoms with Gasteiger partial charge < -0.3 is 14.7 Å². The van der Waals surface area contributed by atoms with Crippen LogP contribution in [0.25, 0.3) is 11.1 Å². The fourth-order valence-corrected chi connectivity index (χ4v) is 4.93. The smallest absolute Gasteiger partial charge is 0.230 e. The van der Waals surface area contributed by atoms with Gasteiger partial charge in [-0.2, -0.15) is 0 Å². The zero-order valence-corrected chi connectivity index (χ0v) is 19.5. The van der Waals surface area contributed by atoms with E-state index in [-0.39, 0.29) is 11.8 Å². The molecule has 170 valence electrons. The van der Waals surface area contributed by atoms with E-state index in [4.69, 9.17) is 0 Å². The molecule has 6 nitrogen and oxygen atoms in total. The number of aromatic nitrogens is 1. The summed E-state index contributed by atoms with van der Waals surface area (Å²) < 4.78 is 0. The van der Waals surface area contributed by atoms with Gasteiger partial charge in [0.1, 0.15) is 12.1 Å². The summed E-state index contributed by atoms with van der Waals surface area (Å²) in [6.07, 6.45) is 6.92. The molecule has 1 aliphatic carbocycles. The number of carbonyl (C=O) groups excluding carboxylic acids is 2. The van der Waals surface area contributed by atoms with Crippen LogP contribution in [-0.2, 0) is 4.79 Å². The van der Waals surface area contributed by atoms with Crippen LogP contribution in [0, 0.1) is 12.8 Å². The number of pyridine rings is 1. The van der Waals surface area contributed by atoms with Gasteiger partial charge in [-0.3, -0.25) is 9.59 Å². The average molecular weight is 435 g/mol. The molecule has 1 aromatic carbocycles. The highest BCUT2D eigenvalue weighted by molar-refractivity contribution is 5.98. The van der Waals surface area contributed by atoms with Crippen molar-refractivity contribution in [1.29, 1.82) is 0 Å². The van der Waals surface area contributed by atoms with Crippen LogP contribution in [0.1, 0.15) is 48.5 Å². The summed E-state index contributed by atoms with van der Waals surface area (Å²) in [5, 5.41) is 0. The van der Waals surface area contributed by atoms with Gasteiger partial charge in [0.2, 0.25) is 5.91 Å². The first-order valence-corrected chi connectivity index (χ1v) is 11.8. The highest BCUT2D eigenvalue weighted by Gasteiger charge is 2.28. The molecule has 1 aliphatic heterocycles. The summed E-state index contributed by atoms with van der Waals surface area (Å²) in [4.78, 5) is 36.3. The van der Waals surface area contributed by atoms with Crippen molar-refractivity contribution >= 4 is 23.7 Å². The van der Waals surface area contributed by atoms with Crippen molar-refractivity contribution in [2.45, 2.75) is 39.5 Å². The maximum Gasteiger partial charge on any atom is 0.230 e. The quantitative estimate of drug-likeness (QED) is 0.639. The SMILES string of the molecule is CCN(C(=O)C1CCCC1)c1cc(-c2ccnc(N3CCN(C)CC3)c2)cc(C=O)c1C. The molecule has 0 N–H and O–H groups in total. The largest absolute Gasteiger partial charge is 0.354 e. The molecular formula is C26H34N4O2. The van der Waals surface area contributed by atoms with Crippen LogP contribution in [0.5, 0.6) is 0 Å². The molecule has 2 fully saturated rings. The lowest BCUT2D eigenvalue weighted by molar-refractivity contribution is -0.122. The molecule has 2 heterocycles. The summed E-state index contributed by atoms with van der Waals surface area (Å²) in [6.45, 7) is 8.49. The predicted molar refractivity (Wildman–Crippen MR) is 129 cm³/mol. The summed E-state index contributed by atoms with van der Waals surface area (Å²) in [6, 6.07) is 8.09. The first-order valence-electron chi connectivity index (χ1n) is 11.8. The van der Waals surface area contributed by atoms with Gasteiger partial charge in [-0.1, -0.05) is 12.8 Å². The molecule has 6 heteroatoms. The lowest BCUT2D eigenvalue weighted by atomic mass is 9.97. The molecule has 0 atom stereocenters. The standard InChI is InChI=1S/C26H34N4O2/c1-4-30(26(32)20-7-5-6-8-20)24-16-22(15-23(18-31)19(24)2)21-9-10-27-25(17-21)29-13-11-28(3)12-14-29/h9-10,15-18,20H,4-8,11-14H2,1-3H3. The van der Waals surface area contributed by atoms with Gasteiger partial charge in [-0.05, 0) is 74.7 Å². The number of hydrogen-bond donors (Lipinski definition) is 0. The van der Waals surface area contributed by atoms with Crippen LogP contribution >= 0.6 is 0 Å². The van der Waals surface area contributed by atoms with Crippen LogP contribution < -0.4 is 9.80 Å². The Morgan fingerprint density at radius 2 is 1.84 bits per heavy atom. The fourth-order valence-electron chi connectivity index (χ4n) is 4.93. The molecule has 1 amide bonds. The van der Waals surface area contributed by atoms with Crippen molar-refractivity contribution in [2.75, 3.05) is 49.6 Å². The Morgan fingerprint density at radius 1 is 1.12 bits per heavy atom. The van der Waals surface area contributed by atoms with Crippen LogP contribution in [0.3, 0.4) is 0 Å². The molecule has 1 saturated carbocycles. The van der Waals surface area contributed by atoms with Gasteiger partial charge in [0.25, 0.3) is 0 Å². The van der Waals surface area contributed by atoms with E-state index >= 15 is 0 Å². The van der Waals surface area contributed by atoms with E-state index in [0.29, 0.717) is 12.1 Å². The molecular weight excluding hydrogens is 400 g/mol. The fraction of sp³-hybridized carbons (Fsp3) is 0.500. The van der Waals surface area contributed by atoms with E-state index < -0.39 is 0 Å². The van der Waals surface area contributed by atoms with Crippen molar-refractivity contribution < 1.29 is 9.59 Å². The second-order valence-corrected chi connectivity index (χ2v) is 9.08. The van der Waals surface area contributed by atoms with E-state index in [1.807, 2.05) is 37.1 Å². The minimum atomic E-state index is 0.0995. The number of hydrogen-bond acceptors (Lipinski definition) is 5. The van der Waals surface area contributed by atoms with E-state index in [1.54, 1.807) is 0 Å². The Labute approximate surface area is 191 Å². The number of rotatable bonds is 6. The number of piperazine rings is 1. The number of amides is 1. The summed E-state index contributed by atoms with van der Waals surface area (Å²) in [5.41, 5.74) is 4.31. The van der Waals surface area contributed by atoms with Gasteiger partial charge in [-0.15, -0.1) is 0 Å². The predicted octanol–water partition coefficient (Wildman–Crippen LogP) is 4.16. The van der Waals surface area contributed by atoms with Gasteiger partial charge in [0.05, 0.1) is 0 Å². The number of likely N-dealkylation sites (N-methyl/N-ethyl adjacent to an activating group) is 1. The second-order valence-electron chi connectivity index (χ2n) is 9.08. The zero-order valence-electron chi connectivity index (χ0n) is 19.5.